The maximum atomic E-state index is 13.6. The van der Waals surface area contributed by atoms with Gasteiger partial charge in [-0.2, -0.15) is 0 Å². The molecule has 9 rings (SSSR count). The maximum absolute atomic E-state index is 13.6. The zero-order valence-corrected chi connectivity index (χ0v) is 45.8. The van der Waals surface area contributed by atoms with Crippen LogP contribution in [-0.2, 0) is 66.4 Å². The third-order valence-corrected chi connectivity index (χ3v) is 19.3. The third kappa shape index (κ3) is 10.3. The molecule has 0 amide bonds. The minimum atomic E-state index is -2.06. The summed E-state index contributed by atoms with van der Waals surface area (Å²) in [6.07, 6.45) is -3.15. The molecule has 4 heterocycles. The number of benzene rings is 1. The van der Waals surface area contributed by atoms with Crippen molar-refractivity contribution in [3.8, 4) is 0 Å². The van der Waals surface area contributed by atoms with E-state index in [4.69, 9.17) is 56.8 Å². The van der Waals surface area contributed by atoms with E-state index in [0.717, 1.165) is 11.1 Å². The van der Waals surface area contributed by atoms with E-state index >= 15 is 0 Å². The molecule has 4 saturated heterocycles. The van der Waals surface area contributed by atoms with E-state index in [1.54, 1.807) is 41.3 Å². The number of carbonyl (C=O) groups is 2. The molecule has 0 aromatic heterocycles. The lowest BCUT2D eigenvalue weighted by atomic mass is 9.42. The van der Waals surface area contributed by atoms with Gasteiger partial charge < -0.3 is 82.4 Å². The highest BCUT2D eigenvalue weighted by Crippen LogP contribution is 2.71. The molecule has 76 heavy (non-hydrogen) atoms. The van der Waals surface area contributed by atoms with E-state index in [0.29, 0.717) is 38.5 Å². The van der Waals surface area contributed by atoms with Gasteiger partial charge in [-0.25, -0.2) is 4.79 Å². The number of fused-ring (bicyclic) bond motifs is 5. The normalized spacial score (nSPS) is 48.6. The molecule has 0 bridgehead atoms. The number of Topliss-reactive ketones (excluding diaryl/α,β-unsaturated/α-hetero) is 1. The molecule has 1 aromatic carbocycles. The maximum Gasteiger partial charge on any atom is 0.331 e. The Morgan fingerprint density at radius 2 is 1.21 bits per heavy atom. The Labute approximate surface area is 446 Å². The van der Waals surface area contributed by atoms with Crippen molar-refractivity contribution in [1.82, 2.24) is 0 Å². The smallest absolute Gasteiger partial charge is 0.331 e. The number of esters is 1. The third-order valence-electron chi connectivity index (χ3n) is 19.3. The molecule has 19 nitrogen and oxygen atoms in total. The Bertz CT molecular complexity index is 2240. The second-order valence-electron chi connectivity index (χ2n) is 23.4. The second-order valence-corrected chi connectivity index (χ2v) is 23.4. The first kappa shape index (κ1) is 57.9. The zero-order valence-electron chi connectivity index (χ0n) is 45.8. The number of rotatable bonds is 15. The molecule has 0 radical (unpaired) electrons. The van der Waals surface area contributed by atoms with Gasteiger partial charge >= 0.3 is 5.97 Å². The number of aliphatic hydroxyl groups excluding tert-OH is 2. The molecular formula is C57H84O19. The fourth-order valence-corrected chi connectivity index (χ4v) is 14.8. The van der Waals surface area contributed by atoms with Crippen molar-refractivity contribution in [2.24, 2.45) is 16.7 Å². The van der Waals surface area contributed by atoms with Crippen LogP contribution in [0.3, 0.4) is 0 Å². The average molecular weight is 1070 g/mol. The van der Waals surface area contributed by atoms with Crippen molar-refractivity contribution in [3.63, 3.8) is 0 Å². The highest BCUT2D eigenvalue weighted by atomic mass is 16.8. The quantitative estimate of drug-likeness (QED) is 0.0917. The Morgan fingerprint density at radius 1 is 0.671 bits per heavy atom. The van der Waals surface area contributed by atoms with E-state index < -0.39 is 144 Å². The van der Waals surface area contributed by atoms with Gasteiger partial charge in [0.1, 0.15) is 47.3 Å². The molecule has 24 atom stereocenters. The van der Waals surface area contributed by atoms with Crippen molar-refractivity contribution >= 4 is 17.8 Å². The minimum absolute atomic E-state index is 0.0615. The molecule has 0 unspecified atom stereocenters. The molecule has 426 valence electrons. The fourth-order valence-electron chi connectivity index (χ4n) is 14.8. The van der Waals surface area contributed by atoms with Crippen LogP contribution in [0.5, 0.6) is 0 Å². The van der Waals surface area contributed by atoms with Crippen LogP contribution in [0, 0.1) is 16.7 Å². The van der Waals surface area contributed by atoms with Gasteiger partial charge in [0.25, 0.3) is 0 Å². The molecule has 4 aliphatic heterocycles. The van der Waals surface area contributed by atoms with Gasteiger partial charge in [0, 0.05) is 59.0 Å². The highest BCUT2D eigenvalue weighted by Gasteiger charge is 2.81. The summed E-state index contributed by atoms with van der Waals surface area (Å²) >= 11 is 0. The van der Waals surface area contributed by atoms with Crippen LogP contribution in [-0.4, -0.2) is 186 Å². The number of ether oxygens (including phenoxy) is 12. The van der Waals surface area contributed by atoms with Crippen molar-refractivity contribution in [3.05, 3.63) is 53.6 Å². The fraction of sp³-hybridized carbons (Fsp3) is 0.789. The molecule has 1 aromatic rings. The first-order valence-electron chi connectivity index (χ1n) is 27.5. The lowest BCUT2D eigenvalue weighted by Gasteiger charge is -2.67. The first-order valence-corrected chi connectivity index (χ1v) is 27.5. The molecule has 4 aliphatic carbocycles. The lowest BCUT2D eigenvalue weighted by molar-refractivity contribution is -0.346. The predicted molar refractivity (Wildman–Crippen MR) is 271 cm³/mol. The van der Waals surface area contributed by atoms with Crippen LogP contribution >= 0.6 is 0 Å². The van der Waals surface area contributed by atoms with Crippen LogP contribution in [0.15, 0.2) is 48.1 Å². The van der Waals surface area contributed by atoms with E-state index in [1.165, 1.54) is 13.0 Å². The van der Waals surface area contributed by atoms with E-state index in [1.807, 2.05) is 57.2 Å². The topological polar surface area (TPSA) is 246 Å². The molecular weight excluding hydrogens is 989 g/mol. The SMILES string of the molecule is CO[C@H]1C[C@H](O[C@@H]2[C@@H](C)O[C@@H](O[C@@H]3[C@@H](C)O[C@@H](O[C@H]4[C@@H](O)C[C@H](O[C@H]5CC[C@@]6(C)C(=CC[C@]7(O)[C@@H]6C[C@@H](OC(=O)C=Cc6ccccc6)[C@@]6(C)[C@]7(O)CC[C@@]6(O)C(C)=O)C5)O[C@@H]4C)C[C@H]3OC)C[C@H]2OC)O[C@H](C)[C@H]1O. The Balaban J connectivity index is 0.798. The molecule has 5 N–H and O–H groups in total. The summed E-state index contributed by atoms with van der Waals surface area (Å²) < 4.78 is 74.7. The summed E-state index contributed by atoms with van der Waals surface area (Å²) in [4.78, 5) is 26.9. The van der Waals surface area contributed by atoms with Crippen LogP contribution < -0.4 is 0 Å². The summed E-state index contributed by atoms with van der Waals surface area (Å²) in [6.45, 7) is 12.3. The summed E-state index contributed by atoms with van der Waals surface area (Å²) in [5.41, 5.74) is -6.35. The summed E-state index contributed by atoms with van der Waals surface area (Å²) in [7, 11) is 4.78. The highest BCUT2D eigenvalue weighted by molar-refractivity contribution is 5.88. The number of methoxy groups -OCH3 is 3. The van der Waals surface area contributed by atoms with E-state index in [2.05, 4.69) is 6.92 Å². The van der Waals surface area contributed by atoms with Crippen molar-refractivity contribution in [1.29, 1.82) is 0 Å². The van der Waals surface area contributed by atoms with E-state index in [9.17, 15) is 35.1 Å². The van der Waals surface area contributed by atoms with Gasteiger partial charge in [-0.3, -0.25) is 4.79 Å². The zero-order chi connectivity index (χ0) is 54.7. The van der Waals surface area contributed by atoms with Crippen molar-refractivity contribution in [2.75, 3.05) is 21.3 Å². The summed E-state index contributed by atoms with van der Waals surface area (Å²) in [5.74, 6) is -1.84. The average Bonchev–Trinajstić information content (AvgIpc) is 3.72. The number of hydrogen-bond acceptors (Lipinski definition) is 19. The summed E-state index contributed by atoms with van der Waals surface area (Å²) in [6, 6.07) is 9.27. The largest absolute Gasteiger partial charge is 0.458 e. The van der Waals surface area contributed by atoms with Gasteiger partial charge in [-0.15, -0.1) is 0 Å². The van der Waals surface area contributed by atoms with Gasteiger partial charge in [-0.05, 0) is 104 Å². The first-order chi connectivity index (χ1) is 36.0. The van der Waals surface area contributed by atoms with Crippen LogP contribution in [0.4, 0.5) is 0 Å². The second kappa shape index (κ2) is 22.6. The molecule has 7 fully saturated rings. The number of aliphatic hydroxyl groups is 5. The van der Waals surface area contributed by atoms with Gasteiger partial charge in [0.15, 0.2) is 30.9 Å². The number of hydrogen-bond donors (Lipinski definition) is 5. The molecule has 0 spiro atoms. The number of carbonyl (C=O) groups excluding carboxylic acids is 2. The predicted octanol–water partition coefficient (Wildman–Crippen LogP) is 4.58. The molecule has 19 heteroatoms. The Hall–Kier alpha value is -2.80. The number of ketones is 1. The van der Waals surface area contributed by atoms with Crippen molar-refractivity contribution < 1.29 is 92.0 Å². The van der Waals surface area contributed by atoms with Gasteiger partial charge in [-0.1, -0.05) is 48.9 Å². The monoisotopic (exact) mass is 1070 g/mol. The molecule has 8 aliphatic rings. The van der Waals surface area contributed by atoms with Gasteiger partial charge in [0.2, 0.25) is 0 Å². The Morgan fingerprint density at radius 3 is 1.78 bits per heavy atom. The Kier molecular flexibility index (Phi) is 17.2. The van der Waals surface area contributed by atoms with Crippen LogP contribution in [0.2, 0.25) is 0 Å². The van der Waals surface area contributed by atoms with Crippen molar-refractivity contribution in [2.45, 2.75) is 247 Å². The van der Waals surface area contributed by atoms with Crippen LogP contribution in [0.1, 0.15) is 125 Å². The lowest BCUT2D eigenvalue weighted by Crippen LogP contribution is -2.78. The van der Waals surface area contributed by atoms with E-state index in [-0.39, 0.29) is 44.3 Å². The standard InChI is InChI=1S/C57H84O19/c1-30-49(61)39(65-8)26-46(68-30)75-51-33(4)71-48(28-41(51)67-10)76-52-32(3)70-47(27-40(52)66-9)74-50-31(2)69-45(25-38(50)59)72-37-19-20-53(6)36(24-37)18-21-56(63)42(53)29-43(73-44(60)17-16-35-14-12-11-13-15-35)54(7)55(62,34(5)58)22-23-57(54,56)64/h11-18,30-33,37-43,45-52,59,61-64H,19-29H2,1-10H3/t30-,31-,32-,33-,37+,38+,39+,40-,41-,42-,43-,45+,46+,47+,48+,49-,50-,51-,52-,53+,54-,55-,56+,57-/m1/s1. The molecule has 3 saturated carbocycles. The van der Waals surface area contributed by atoms with Gasteiger partial charge in [0.05, 0.1) is 60.4 Å². The summed E-state index contributed by atoms with van der Waals surface area (Å²) in [5, 5.41) is 60.1. The van der Waals surface area contributed by atoms with Crippen LogP contribution in [0.25, 0.3) is 6.08 Å². The minimum Gasteiger partial charge on any atom is -0.458 e.